The lowest BCUT2D eigenvalue weighted by Gasteiger charge is -2.32. The summed E-state index contributed by atoms with van der Waals surface area (Å²) in [7, 11) is 1.90. The Morgan fingerprint density at radius 1 is 1.10 bits per heavy atom. The highest BCUT2D eigenvalue weighted by Crippen LogP contribution is 2.52. The molecule has 0 aromatic heterocycles. The number of carbonyl (C=O) groups is 1. The second kappa shape index (κ2) is 6.96. The van der Waals surface area contributed by atoms with E-state index in [2.05, 4.69) is 12.1 Å². The van der Waals surface area contributed by atoms with Gasteiger partial charge in [0.15, 0.2) is 11.5 Å². The molecule has 1 fully saturated rings. The lowest BCUT2D eigenvalue weighted by atomic mass is 9.90. The maximum absolute atomic E-state index is 13.5. The molecule has 0 spiro atoms. The Morgan fingerprint density at radius 2 is 1.86 bits per heavy atom. The second-order valence-corrected chi connectivity index (χ2v) is 8.30. The van der Waals surface area contributed by atoms with Crippen molar-refractivity contribution < 1.29 is 14.3 Å². The average molecular weight is 408 g/mol. The lowest BCUT2D eigenvalue weighted by Crippen LogP contribution is -2.43. The molecule has 1 aliphatic heterocycles. The van der Waals surface area contributed by atoms with Gasteiger partial charge >= 0.3 is 0 Å². The molecule has 0 bridgehead atoms. The Morgan fingerprint density at radius 3 is 2.62 bits per heavy atom. The molecule has 5 heteroatoms. The molecule has 2 aromatic rings. The third-order valence-corrected chi connectivity index (χ3v) is 6.54. The van der Waals surface area contributed by atoms with Crippen LogP contribution in [0.3, 0.4) is 0 Å². The van der Waals surface area contributed by atoms with Gasteiger partial charge in [-0.3, -0.25) is 4.79 Å². The molecule has 2 aliphatic carbocycles. The first kappa shape index (κ1) is 18.3. The Hall–Kier alpha value is -2.72. The molecule has 1 atom stereocenters. The van der Waals surface area contributed by atoms with Gasteiger partial charge in [0.1, 0.15) is 0 Å². The van der Waals surface area contributed by atoms with E-state index in [1.54, 1.807) is 0 Å². The van der Waals surface area contributed by atoms with E-state index in [1.165, 1.54) is 0 Å². The molecule has 2 aromatic carbocycles. The molecule has 5 rings (SSSR count). The number of ether oxygens (including phenoxy) is 2. The Balaban J connectivity index is 1.38. The molecule has 1 amide bonds. The summed E-state index contributed by atoms with van der Waals surface area (Å²) in [6.45, 7) is 0.238. The van der Waals surface area contributed by atoms with Gasteiger partial charge < -0.3 is 14.4 Å². The maximum atomic E-state index is 13.5. The lowest BCUT2D eigenvalue weighted by molar-refractivity contribution is -0.133. The summed E-state index contributed by atoms with van der Waals surface area (Å²) < 4.78 is 10.9. The third kappa shape index (κ3) is 3.12. The fourth-order valence-corrected chi connectivity index (χ4v) is 4.52. The molecule has 0 saturated heterocycles. The van der Waals surface area contributed by atoms with Gasteiger partial charge in [-0.2, -0.15) is 0 Å². The van der Waals surface area contributed by atoms with Gasteiger partial charge in [0.25, 0.3) is 0 Å². The summed E-state index contributed by atoms with van der Waals surface area (Å²) in [5.41, 5.74) is 2.73. The number of carbonyl (C=O) groups excluding carboxylic acids is 1. The van der Waals surface area contributed by atoms with E-state index in [0.717, 1.165) is 46.1 Å². The fourth-order valence-electron chi connectivity index (χ4n) is 4.27. The molecule has 0 N–H and O–H groups in total. The van der Waals surface area contributed by atoms with Crippen molar-refractivity contribution in [2.24, 2.45) is 0 Å². The summed E-state index contributed by atoms with van der Waals surface area (Å²) in [4.78, 5) is 15.4. The van der Waals surface area contributed by atoms with Gasteiger partial charge in [-0.15, -0.1) is 0 Å². The molecular weight excluding hydrogens is 386 g/mol. The molecule has 29 heavy (non-hydrogen) atoms. The monoisotopic (exact) mass is 407 g/mol. The summed E-state index contributed by atoms with van der Waals surface area (Å²) in [5, 5.41) is 0.741. The van der Waals surface area contributed by atoms with Crippen LogP contribution in [0.15, 0.2) is 65.7 Å². The van der Waals surface area contributed by atoms with E-state index in [4.69, 9.17) is 21.1 Å². The van der Waals surface area contributed by atoms with Crippen molar-refractivity contribution in [3.63, 3.8) is 0 Å². The summed E-state index contributed by atoms with van der Waals surface area (Å²) >= 11 is 6.48. The third-order valence-electron chi connectivity index (χ3n) is 6.19. The van der Waals surface area contributed by atoms with Gasteiger partial charge in [-0.1, -0.05) is 54.1 Å². The Bertz CT molecular complexity index is 1020. The minimum absolute atomic E-state index is 0.0216. The van der Waals surface area contributed by atoms with Gasteiger partial charge in [-0.05, 0) is 54.2 Å². The molecule has 0 radical (unpaired) electrons. The Kier molecular flexibility index (Phi) is 4.39. The van der Waals surface area contributed by atoms with Crippen LogP contribution < -0.4 is 9.47 Å². The molecule has 1 saturated carbocycles. The number of hydrogen-bond acceptors (Lipinski definition) is 3. The number of rotatable bonds is 4. The fraction of sp³-hybridized carbons (Fsp3) is 0.292. The zero-order chi connectivity index (χ0) is 20.0. The van der Waals surface area contributed by atoms with Gasteiger partial charge in [-0.25, -0.2) is 0 Å². The average Bonchev–Trinajstić information content (AvgIpc) is 3.44. The predicted molar refractivity (Wildman–Crippen MR) is 113 cm³/mol. The van der Waals surface area contributed by atoms with Gasteiger partial charge in [0.05, 0.1) is 11.5 Å². The van der Waals surface area contributed by atoms with Crippen molar-refractivity contribution in [2.75, 3.05) is 13.8 Å². The first-order chi connectivity index (χ1) is 14.1. The van der Waals surface area contributed by atoms with Crippen molar-refractivity contribution in [2.45, 2.75) is 30.7 Å². The number of allylic oxidation sites excluding steroid dienone is 2. The van der Waals surface area contributed by atoms with E-state index in [9.17, 15) is 4.79 Å². The molecule has 3 aliphatic rings. The largest absolute Gasteiger partial charge is 0.454 e. The first-order valence-corrected chi connectivity index (χ1v) is 10.3. The summed E-state index contributed by atoms with van der Waals surface area (Å²) in [5.74, 6) is 1.62. The smallest absolute Gasteiger partial charge is 0.233 e. The Labute approximate surface area is 175 Å². The molecular formula is C24H22ClNO3. The highest BCUT2D eigenvalue weighted by molar-refractivity contribution is 6.34. The molecule has 4 nitrogen and oxygen atoms in total. The van der Waals surface area contributed by atoms with E-state index in [1.807, 2.05) is 60.5 Å². The van der Waals surface area contributed by atoms with E-state index < -0.39 is 5.41 Å². The normalized spacial score (nSPS) is 21.2. The standard InChI is InChI=1S/C24H22ClNO3/c1-26(18-8-9-20(25)19(14-18)16-5-3-2-4-6-16)23(27)24(11-12-24)17-7-10-21-22(13-17)29-15-28-21/h2-10,13,18H,11-12,14-15H2,1H3. The number of halogens is 1. The summed E-state index contributed by atoms with van der Waals surface area (Å²) in [6, 6.07) is 16.0. The molecule has 1 unspecified atom stereocenters. The van der Waals surface area contributed by atoms with Crippen LogP contribution in [0.1, 0.15) is 30.4 Å². The number of fused-ring (bicyclic) bond motifs is 1. The zero-order valence-corrected chi connectivity index (χ0v) is 17.0. The van der Waals surface area contributed by atoms with E-state index in [-0.39, 0.29) is 18.7 Å². The highest BCUT2D eigenvalue weighted by atomic mass is 35.5. The number of hydrogen-bond donors (Lipinski definition) is 0. The van der Waals surface area contributed by atoms with Gasteiger partial charge in [0, 0.05) is 12.1 Å². The minimum Gasteiger partial charge on any atom is -0.454 e. The van der Waals surface area contributed by atoms with Crippen LogP contribution in [0.5, 0.6) is 11.5 Å². The van der Waals surface area contributed by atoms with Crippen molar-refractivity contribution >= 4 is 23.1 Å². The van der Waals surface area contributed by atoms with E-state index >= 15 is 0 Å². The van der Waals surface area contributed by atoms with Crippen LogP contribution in [0.25, 0.3) is 5.57 Å². The number of likely N-dealkylation sites (N-methyl/N-ethyl adjacent to an activating group) is 1. The van der Waals surface area contributed by atoms with Crippen LogP contribution in [0, 0.1) is 0 Å². The van der Waals surface area contributed by atoms with Crippen molar-refractivity contribution in [1.29, 1.82) is 0 Å². The number of amides is 1. The molecule has 1 heterocycles. The maximum Gasteiger partial charge on any atom is 0.233 e. The number of nitrogens with zero attached hydrogens (tertiary/aromatic N) is 1. The number of benzene rings is 2. The van der Waals surface area contributed by atoms with Crippen LogP contribution in [-0.4, -0.2) is 30.7 Å². The SMILES string of the molecule is CN(C(=O)C1(c2ccc3c(c2)OCO3)CC1)C1C=CC(Cl)=C(c2ccccc2)C1. The van der Waals surface area contributed by atoms with Crippen LogP contribution in [-0.2, 0) is 10.2 Å². The van der Waals surface area contributed by atoms with Crippen molar-refractivity contribution in [3.05, 3.63) is 76.8 Å². The first-order valence-electron chi connectivity index (χ1n) is 9.88. The van der Waals surface area contributed by atoms with E-state index in [0.29, 0.717) is 6.42 Å². The van der Waals surface area contributed by atoms with Crippen LogP contribution >= 0.6 is 11.6 Å². The highest BCUT2D eigenvalue weighted by Gasteiger charge is 2.53. The van der Waals surface area contributed by atoms with Crippen LogP contribution in [0.4, 0.5) is 0 Å². The topological polar surface area (TPSA) is 38.8 Å². The summed E-state index contributed by atoms with van der Waals surface area (Å²) in [6.07, 6.45) is 6.37. The molecule has 148 valence electrons. The second-order valence-electron chi connectivity index (χ2n) is 7.89. The van der Waals surface area contributed by atoms with Gasteiger partial charge in [0.2, 0.25) is 12.7 Å². The minimum atomic E-state index is -0.457. The zero-order valence-electron chi connectivity index (χ0n) is 16.2. The predicted octanol–water partition coefficient (Wildman–Crippen LogP) is 4.88. The van der Waals surface area contributed by atoms with Crippen molar-refractivity contribution in [1.82, 2.24) is 4.90 Å². The van der Waals surface area contributed by atoms with Crippen molar-refractivity contribution in [3.8, 4) is 11.5 Å². The van der Waals surface area contributed by atoms with Crippen LogP contribution in [0.2, 0.25) is 0 Å². The quantitative estimate of drug-likeness (QED) is 0.724.